The van der Waals surface area contributed by atoms with Crippen molar-refractivity contribution in [3.63, 3.8) is 0 Å². The summed E-state index contributed by atoms with van der Waals surface area (Å²) < 4.78 is 34.2. The molecule has 34 heavy (non-hydrogen) atoms. The van der Waals surface area contributed by atoms with Crippen molar-refractivity contribution in [1.82, 2.24) is 9.62 Å². The number of piperidine rings is 1. The molecule has 2 heterocycles. The number of fused-ring (bicyclic) bond motifs is 1. The maximum Gasteiger partial charge on any atom is 0.265 e. The van der Waals surface area contributed by atoms with Crippen LogP contribution in [0.2, 0.25) is 0 Å². The van der Waals surface area contributed by atoms with Gasteiger partial charge in [-0.05, 0) is 50.3 Å². The van der Waals surface area contributed by atoms with Crippen LogP contribution in [0.3, 0.4) is 0 Å². The normalized spacial score (nSPS) is 20.7. The van der Waals surface area contributed by atoms with Crippen molar-refractivity contribution < 1.29 is 22.7 Å². The van der Waals surface area contributed by atoms with Gasteiger partial charge >= 0.3 is 0 Å². The summed E-state index contributed by atoms with van der Waals surface area (Å²) in [5, 5.41) is 5.73. The van der Waals surface area contributed by atoms with E-state index in [0.29, 0.717) is 49.4 Å². The van der Waals surface area contributed by atoms with E-state index in [1.54, 1.807) is 13.0 Å². The van der Waals surface area contributed by atoms with E-state index in [-0.39, 0.29) is 23.3 Å². The van der Waals surface area contributed by atoms with Gasteiger partial charge in [0, 0.05) is 25.7 Å². The third kappa shape index (κ3) is 4.95. The second-order valence-electron chi connectivity index (χ2n) is 9.02. The predicted octanol–water partition coefficient (Wildman–Crippen LogP) is 3.13. The van der Waals surface area contributed by atoms with E-state index in [1.807, 2.05) is 38.1 Å². The molecule has 0 radical (unpaired) electrons. The molecule has 2 aliphatic rings. The molecule has 4 rings (SSSR count). The summed E-state index contributed by atoms with van der Waals surface area (Å²) in [6, 6.07) is 11.1. The maximum atomic E-state index is 13.5. The zero-order valence-electron chi connectivity index (χ0n) is 19.8. The van der Waals surface area contributed by atoms with Gasteiger partial charge in [0.15, 0.2) is 6.10 Å². The number of rotatable bonds is 6. The summed E-state index contributed by atoms with van der Waals surface area (Å²) >= 11 is 0. The van der Waals surface area contributed by atoms with Gasteiger partial charge < -0.3 is 15.4 Å². The van der Waals surface area contributed by atoms with Crippen LogP contribution in [-0.4, -0.2) is 43.7 Å². The Bertz CT molecular complexity index is 1190. The lowest BCUT2D eigenvalue weighted by atomic mass is 9.98. The molecule has 2 amide bonds. The second-order valence-corrected chi connectivity index (χ2v) is 10.9. The molecule has 8 nitrogen and oxygen atoms in total. The fourth-order valence-electron chi connectivity index (χ4n) is 4.38. The van der Waals surface area contributed by atoms with Gasteiger partial charge in [-0.2, -0.15) is 4.31 Å². The van der Waals surface area contributed by atoms with Crippen LogP contribution in [0.25, 0.3) is 0 Å². The van der Waals surface area contributed by atoms with E-state index >= 15 is 0 Å². The summed E-state index contributed by atoms with van der Waals surface area (Å²) in [5.74, 6) is -0.438. The van der Waals surface area contributed by atoms with Crippen molar-refractivity contribution in [3.05, 3.63) is 53.1 Å². The molecule has 2 N–H and O–H groups in total. The highest BCUT2D eigenvalue weighted by Crippen LogP contribution is 2.36. The molecule has 0 unspecified atom stereocenters. The number of anilines is 1. The third-order valence-electron chi connectivity index (χ3n) is 6.43. The Balaban J connectivity index is 1.48. The van der Waals surface area contributed by atoms with E-state index in [4.69, 9.17) is 4.74 Å². The number of nitrogens with zero attached hydrogens (tertiary/aromatic N) is 1. The fraction of sp³-hybridized carbons (Fsp3) is 0.440. The Hall–Kier alpha value is -2.91. The molecule has 0 bridgehead atoms. The van der Waals surface area contributed by atoms with Crippen molar-refractivity contribution in [1.29, 1.82) is 0 Å². The van der Waals surface area contributed by atoms with Gasteiger partial charge in [0.05, 0.1) is 16.5 Å². The predicted molar refractivity (Wildman–Crippen MR) is 129 cm³/mol. The van der Waals surface area contributed by atoms with Gasteiger partial charge in [-0.15, -0.1) is 0 Å². The van der Waals surface area contributed by atoms with Crippen LogP contribution < -0.4 is 15.4 Å². The standard InChI is InChI=1S/C25H31N3O5S/c1-4-21-25(30)27-20-12-17(3)23(13-22(20)33-21)34(31,32)28-11-5-6-19(15-28)24(29)26-14-18-9-7-16(2)8-10-18/h7-10,12-13,19,21H,4-6,11,14-15H2,1-3H3,(H,26,29)(H,27,30)/t19-,21-/m1/s1. The highest BCUT2D eigenvalue weighted by Gasteiger charge is 2.35. The Morgan fingerprint density at radius 3 is 2.65 bits per heavy atom. The average molecular weight is 486 g/mol. The number of amides is 2. The summed E-state index contributed by atoms with van der Waals surface area (Å²) in [6.07, 6.45) is 1.08. The Morgan fingerprint density at radius 2 is 1.94 bits per heavy atom. The van der Waals surface area contributed by atoms with Crippen LogP contribution >= 0.6 is 0 Å². The first-order chi connectivity index (χ1) is 16.2. The summed E-state index contributed by atoms with van der Waals surface area (Å²) in [6.45, 7) is 6.44. The van der Waals surface area contributed by atoms with Crippen LogP contribution in [0.4, 0.5) is 5.69 Å². The summed E-state index contributed by atoms with van der Waals surface area (Å²) in [7, 11) is -3.84. The molecule has 2 aliphatic heterocycles. The van der Waals surface area contributed by atoms with Crippen LogP contribution in [0, 0.1) is 19.8 Å². The molecule has 0 aromatic heterocycles. The lowest BCUT2D eigenvalue weighted by Crippen LogP contribution is -2.45. The van der Waals surface area contributed by atoms with Crippen molar-refractivity contribution in [2.75, 3.05) is 18.4 Å². The van der Waals surface area contributed by atoms with Crippen molar-refractivity contribution >= 4 is 27.5 Å². The van der Waals surface area contributed by atoms with Gasteiger partial charge in [-0.3, -0.25) is 9.59 Å². The molecule has 1 fully saturated rings. The lowest BCUT2D eigenvalue weighted by molar-refractivity contribution is -0.126. The topological polar surface area (TPSA) is 105 Å². The number of nitrogens with one attached hydrogen (secondary N) is 2. The molecule has 2 atom stereocenters. The molecular formula is C25H31N3O5S. The number of hydrogen-bond donors (Lipinski definition) is 2. The maximum absolute atomic E-state index is 13.5. The second kappa shape index (κ2) is 9.76. The van der Waals surface area contributed by atoms with Gasteiger partial charge in [0.2, 0.25) is 15.9 Å². The van der Waals surface area contributed by atoms with E-state index in [1.165, 1.54) is 10.4 Å². The van der Waals surface area contributed by atoms with E-state index in [0.717, 1.165) is 11.1 Å². The Labute approximate surface area is 200 Å². The zero-order chi connectivity index (χ0) is 24.5. The van der Waals surface area contributed by atoms with Crippen LogP contribution in [-0.2, 0) is 26.2 Å². The van der Waals surface area contributed by atoms with E-state index in [2.05, 4.69) is 10.6 Å². The van der Waals surface area contributed by atoms with Gasteiger partial charge in [0.25, 0.3) is 5.91 Å². The minimum absolute atomic E-state index is 0.133. The van der Waals surface area contributed by atoms with Gasteiger partial charge in [0.1, 0.15) is 5.75 Å². The molecule has 9 heteroatoms. The number of carbonyl (C=O) groups is 2. The summed E-state index contributed by atoms with van der Waals surface area (Å²) in [4.78, 5) is 25.0. The van der Waals surface area contributed by atoms with Crippen molar-refractivity contribution in [2.24, 2.45) is 5.92 Å². The smallest absolute Gasteiger partial charge is 0.265 e. The molecule has 2 aromatic carbocycles. The lowest BCUT2D eigenvalue weighted by Gasteiger charge is -2.32. The minimum atomic E-state index is -3.84. The van der Waals surface area contributed by atoms with Gasteiger partial charge in [-0.1, -0.05) is 36.8 Å². The number of ether oxygens (including phenoxy) is 1. The number of carbonyl (C=O) groups excluding carboxylic acids is 2. The monoisotopic (exact) mass is 485 g/mol. The first-order valence-corrected chi connectivity index (χ1v) is 13.1. The quantitative estimate of drug-likeness (QED) is 0.654. The summed E-state index contributed by atoms with van der Waals surface area (Å²) in [5.41, 5.74) is 3.14. The zero-order valence-corrected chi connectivity index (χ0v) is 20.6. The molecular weight excluding hydrogens is 454 g/mol. The number of benzene rings is 2. The SMILES string of the molecule is CC[C@H]1Oc2cc(S(=O)(=O)N3CCC[C@@H](C(=O)NCc4ccc(C)cc4)C3)c(C)cc2NC1=O. The fourth-order valence-corrected chi connectivity index (χ4v) is 6.13. The minimum Gasteiger partial charge on any atom is -0.478 e. The van der Waals surface area contributed by atoms with Crippen LogP contribution in [0.1, 0.15) is 42.9 Å². The van der Waals surface area contributed by atoms with Crippen LogP contribution in [0.5, 0.6) is 5.75 Å². The Kier molecular flexibility index (Phi) is 6.95. The number of hydrogen-bond acceptors (Lipinski definition) is 5. The third-order valence-corrected chi connectivity index (χ3v) is 8.43. The number of aryl methyl sites for hydroxylation is 2. The first kappa shape index (κ1) is 24.2. The van der Waals surface area contributed by atoms with Gasteiger partial charge in [-0.25, -0.2) is 8.42 Å². The molecule has 2 aromatic rings. The molecule has 0 saturated carbocycles. The van der Waals surface area contributed by atoms with E-state index in [9.17, 15) is 18.0 Å². The molecule has 0 spiro atoms. The highest BCUT2D eigenvalue weighted by molar-refractivity contribution is 7.89. The Morgan fingerprint density at radius 1 is 1.21 bits per heavy atom. The molecule has 1 saturated heterocycles. The average Bonchev–Trinajstić information content (AvgIpc) is 2.82. The first-order valence-electron chi connectivity index (χ1n) is 11.6. The van der Waals surface area contributed by atoms with Crippen molar-refractivity contribution in [3.8, 4) is 5.75 Å². The van der Waals surface area contributed by atoms with Crippen molar-refractivity contribution in [2.45, 2.75) is 57.6 Å². The molecule has 0 aliphatic carbocycles. The highest BCUT2D eigenvalue weighted by atomic mass is 32.2. The number of sulfonamides is 1. The van der Waals surface area contributed by atoms with E-state index < -0.39 is 22.0 Å². The largest absolute Gasteiger partial charge is 0.478 e. The van der Waals surface area contributed by atoms with Crippen LogP contribution in [0.15, 0.2) is 41.3 Å². The molecule has 182 valence electrons.